The van der Waals surface area contributed by atoms with Crippen LogP contribution in [0.5, 0.6) is 5.75 Å². The molecule has 1 atom stereocenters. The fraction of sp³-hybridized carbons (Fsp3) is 0.500. The standard InChI is InChI=1S/C14H22N2O2.ClH/c1-10(2)18-13-6-4-5-12(9-13)11(3)16-14(17)7-8-15;/h4-6,9-11H,7-8,15H2,1-3H3,(H,16,17);1H. The van der Waals surface area contributed by atoms with Gasteiger partial charge in [0.05, 0.1) is 12.1 Å². The molecule has 0 radical (unpaired) electrons. The van der Waals surface area contributed by atoms with Crippen LogP contribution < -0.4 is 15.8 Å². The lowest BCUT2D eigenvalue weighted by molar-refractivity contribution is -0.121. The minimum atomic E-state index is -0.0419. The Morgan fingerprint density at radius 1 is 1.37 bits per heavy atom. The van der Waals surface area contributed by atoms with Crippen LogP contribution in [0.2, 0.25) is 0 Å². The van der Waals surface area contributed by atoms with E-state index in [-0.39, 0.29) is 30.5 Å². The van der Waals surface area contributed by atoms with Gasteiger partial charge in [0.15, 0.2) is 0 Å². The summed E-state index contributed by atoms with van der Waals surface area (Å²) >= 11 is 0. The van der Waals surface area contributed by atoms with Crippen LogP contribution in [0.15, 0.2) is 24.3 Å². The van der Waals surface area contributed by atoms with Crippen LogP contribution in [-0.2, 0) is 4.79 Å². The Hall–Kier alpha value is -1.26. The molecule has 0 bridgehead atoms. The molecular weight excluding hydrogens is 264 g/mol. The van der Waals surface area contributed by atoms with Crippen molar-refractivity contribution in [3.63, 3.8) is 0 Å². The van der Waals surface area contributed by atoms with Gasteiger partial charge in [-0.15, -0.1) is 12.4 Å². The average Bonchev–Trinajstić information content (AvgIpc) is 2.28. The van der Waals surface area contributed by atoms with Gasteiger partial charge >= 0.3 is 0 Å². The van der Waals surface area contributed by atoms with Crippen molar-refractivity contribution in [3.05, 3.63) is 29.8 Å². The number of benzene rings is 1. The normalized spacial score (nSPS) is 11.6. The molecule has 0 aromatic heterocycles. The van der Waals surface area contributed by atoms with Crippen LogP contribution in [0.4, 0.5) is 0 Å². The van der Waals surface area contributed by atoms with Crippen LogP contribution in [0.3, 0.4) is 0 Å². The summed E-state index contributed by atoms with van der Waals surface area (Å²) in [6.07, 6.45) is 0.495. The fourth-order valence-electron chi connectivity index (χ4n) is 1.66. The number of nitrogens with one attached hydrogen (secondary N) is 1. The van der Waals surface area contributed by atoms with E-state index in [2.05, 4.69) is 5.32 Å². The van der Waals surface area contributed by atoms with E-state index in [1.165, 1.54) is 0 Å². The lowest BCUT2D eigenvalue weighted by Crippen LogP contribution is -2.28. The molecule has 1 aromatic carbocycles. The van der Waals surface area contributed by atoms with E-state index < -0.39 is 0 Å². The molecule has 0 heterocycles. The summed E-state index contributed by atoms with van der Waals surface area (Å²) in [5.41, 5.74) is 6.37. The van der Waals surface area contributed by atoms with Crippen molar-refractivity contribution in [3.8, 4) is 5.75 Å². The van der Waals surface area contributed by atoms with Crippen LogP contribution >= 0.6 is 12.4 Å². The molecule has 5 heteroatoms. The number of hydrogen-bond donors (Lipinski definition) is 2. The van der Waals surface area contributed by atoms with Gasteiger partial charge in [-0.3, -0.25) is 4.79 Å². The van der Waals surface area contributed by atoms with Gasteiger partial charge in [-0.25, -0.2) is 0 Å². The Kier molecular flexibility index (Phi) is 8.19. The van der Waals surface area contributed by atoms with Gasteiger partial charge in [0.1, 0.15) is 5.75 Å². The number of hydrogen-bond acceptors (Lipinski definition) is 3. The van der Waals surface area contributed by atoms with Crippen molar-refractivity contribution in [2.75, 3.05) is 6.54 Å². The topological polar surface area (TPSA) is 64.3 Å². The van der Waals surface area contributed by atoms with Gasteiger partial charge in [0, 0.05) is 13.0 Å². The lowest BCUT2D eigenvalue weighted by Gasteiger charge is -2.16. The van der Waals surface area contributed by atoms with Gasteiger partial charge in [0.2, 0.25) is 5.91 Å². The van der Waals surface area contributed by atoms with Gasteiger partial charge in [-0.05, 0) is 38.5 Å². The Labute approximate surface area is 121 Å². The maximum atomic E-state index is 11.5. The maximum absolute atomic E-state index is 11.5. The van der Waals surface area contributed by atoms with E-state index in [1.54, 1.807) is 0 Å². The predicted molar refractivity (Wildman–Crippen MR) is 79.7 cm³/mol. The van der Waals surface area contributed by atoms with E-state index in [0.717, 1.165) is 11.3 Å². The van der Waals surface area contributed by atoms with Crippen LogP contribution in [0.25, 0.3) is 0 Å². The van der Waals surface area contributed by atoms with E-state index >= 15 is 0 Å². The third-order valence-electron chi connectivity index (χ3n) is 2.48. The van der Waals surface area contributed by atoms with E-state index in [1.807, 2.05) is 45.0 Å². The Bertz CT molecular complexity index is 397. The number of carbonyl (C=O) groups is 1. The minimum absolute atomic E-state index is 0. The number of halogens is 1. The lowest BCUT2D eigenvalue weighted by atomic mass is 10.1. The zero-order chi connectivity index (χ0) is 13.5. The monoisotopic (exact) mass is 286 g/mol. The second kappa shape index (κ2) is 8.77. The third kappa shape index (κ3) is 6.45. The molecule has 1 rings (SSSR count). The molecule has 3 N–H and O–H groups in total. The predicted octanol–water partition coefficient (Wildman–Crippen LogP) is 2.42. The van der Waals surface area contributed by atoms with Crippen molar-refractivity contribution >= 4 is 18.3 Å². The summed E-state index contributed by atoms with van der Waals surface area (Å²) in [6.45, 7) is 6.29. The van der Waals surface area contributed by atoms with E-state index in [9.17, 15) is 4.79 Å². The largest absolute Gasteiger partial charge is 0.491 e. The molecule has 0 aliphatic carbocycles. The molecule has 0 aliphatic heterocycles. The summed E-state index contributed by atoms with van der Waals surface area (Å²) in [6, 6.07) is 7.73. The summed E-state index contributed by atoms with van der Waals surface area (Å²) in [5.74, 6) is 0.794. The van der Waals surface area contributed by atoms with Gasteiger partial charge in [-0.1, -0.05) is 12.1 Å². The van der Waals surface area contributed by atoms with Crippen molar-refractivity contribution in [2.45, 2.75) is 39.3 Å². The highest BCUT2D eigenvalue weighted by molar-refractivity contribution is 5.85. The molecule has 0 spiro atoms. The molecule has 0 saturated heterocycles. The van der Waals surface area contributed by atoms with Crippen molar-refractivity contribution in [1.82, 2.24) is 5.32 Å². The quantitative estimate of drug-likeness (QED) is 0.844. The molecule has 1 aromatic rings. The van der Waals surface area contributed by atoms with E-state index in [0.29, 0.717) is 13.0 Å². The highest BCUT2D eigenvalue weighted by atomic mass is 35.5. The second-order valence-corrected chi connectivity index (χ2v) is 4.57. The van der Waals surface area contributed by atoms with Crippen LogP contribution in [0, 0.1) is 0 Å². The average molecular weight is 287 g/mol. The Morgan fingerprint density at radius 2 is 2.05 bits per heavy atom. The molecular formula is C14H23ClN2O2. The summed E-state index contributed by atoms with van der Waals surface area (Å²) in [4.78, 5) is 11.5. The van der Waals surface area contributed by atoms with Crippen molar-refractivity contribution in [1.29, 1.82) is 0 Å². The van der Waals surface area contributed by atoms with Crippen LogP contribution in [0.1, 0.15) is 38.8 Å². The summed E-state index contributed by atoms with van der Waals surface area (Å²) in [7, 11) is 0. The molecule has 0 aliphatic rings. The summed E-state index contributed by atoms with van der Waals surface area (Å²) in [5, 5.41) is 2.90. The molecule has 1 unspecified atom stereocenters. The zero-order valence-corrected chi connectivity index (χ0v) is 12.5. The Balaban J connectivity index is 0.00000324. The fourth-order valence-corrected chi connectivity index (χ4v) is 1.66. The molecule has 1 amide bonds. The number of ether oxygens (including phenoxy) is 1. The van der Waals surface area contributed by atoms with Gasteiger partial charge in [-0.2, -0.15) is 0 Å². The molecule has 0 saturated carbocycles. The first-order valence-electron chi connectivity index (χ1n) is 6.29. The highest BCUT2D eigenvalue weighted by Gasteiger charge is 2.09. The second-order valence-electron chi connectivity index (χ2n) is 4.57. The van der Waals surface area contributed by atoms with E-state index in [4.69, 9.17) is 10.5 Å². The molecule has 19 heavy (non-hydrogen) atoms. The summed E-state index contributed by atoms with van der Waals surface area (Å²) < 4.78 is 5.62. The van der Waals surface area contributed by atoms with Crippen molar-refractivity contribution in [2.24, 2.45) is 5.73 Å². The molecule has 4 nitrogen and oxygen atoms in total. The zero-order valence-electron chi connectivity index (χ0n) is 11.7. The Morgan fingerprint density at radius 3 is 2.63 bits per heavy atom. The van der Waals surface area contributed by atoms with Gasteiger partial charge < -0.3 is 15.8 Å². The van der Waals surface area contributed by atoms with Crippen molar-refractivity contribution < 1.29 is 9.53 Å². The number of amides is 1. The number of nitrogens with two attached hydrogens (primary N) is 1. The number of carbonyl (C=O) groups excluding carboxylic acids is 1. The molecule has 108 valence electrons. The maximum Gasteiger partial charge on any atom is 0.221 e. The number of rotatable bonds is 6. The van der Waals surface area contributed by atoms with Crippen LogP contribution in [-0.4, -0.2) is 18.6 Å². The smallest absolute Gasteiger partial charge is 0.221 e. The highest BCUT2D eigenvalue weighted by Crippen LogP contribution is 2.20. The first-order chi connectivity index (χ1) is 8.52. The minimum Gasteiger partial charge on any atom is -0.491 e. The molecule has 0 fully saturated rings. The van der Waals surface area contributed by atoms with Gasteiger partial charge in [0.25, 0.3) is 0 Å². The first-order valence-corrected chi connectivity index (χ1v) is 6.29. The SMILES string of the molecule is CC(C)Oc1cccc(C(C)NC(=O)CCN)c1.Cl. The first kappa shape index (κ1) is 17.7. The third-order valence-corrected chi connectivity index (χ3v) is 2.48.